The Kier molecular flexibility index (Phi) is 6.24. The maximum Gasteiger partial charge on any atom is 0.260 e. The largest absolute Gasteiger partial charge is 0.286 e. The van der Waals surface area contributed by atoms with Crippen LogP contribution < -0.4 is 5.43 Å². The monoisotopic (exact) mass is 184 g/mol. The number of rotatable bonds is 5. The Morgan fingerprint density at radius 2 is 2.08 bits per heavy atom. The number of unbranched alkanes of at least 4 members (excludes halogenated alkanes) is 2. The zero-order valence-electron chi connectivity index (χ0n) is 9.05. The zero-order chi connectivity index (χ0) is 10.3. The summed E-state index contributed by atoms with van der Waals surface area (Å²) >= 11 is 0. The Hall–Kier alpha value is -0.830. The second-order valence-corrected chi connectivity index (χ2v) is 3.36. The number of carbonyl (C=O) groups excluding carboxylic acids is 1. The van der Waals surface area contributed by atoms with Crippen LogP contribution in [0.4, 0.5) is 0 Å². The standard InChI is InChI=1S/C10H20N2O/c1-5-6-7-8-9(2)10(13)11-12(3)4/h8H,5-7H2,1-4H3,(H,11,13). The molecule has 1 N–H and O–H groups in total. The van der Waals surface area contributed by atoms with Gasteiger partial charge in [0, 0.05) is 19.7 Å². The van der Waals surface area contributed by atoms with Gasteiger partial charge in [0.1, 0.15) is 0 Å². The van der Waals surface area contributed by atoms with Crippen molar-refractivity contribution < 1.29 is 4.79 Å². The molecule has 1 amide bonds. The molecule has 0 aromatic rings. The van der Waals surface area contributed by atoms with E-state index in [0.29, 0.717) is 0 Å². The maximum absolute atomic E-state index is 11.3. The van der Waals surface area contributed by atoms with Gasteiger partial charge in [0.2, 0.25) is 0 Å². The summed E-state index contributed by atoms with van der Waals surface area (Å²) < 4.78 is 0. The minimum absolute atomic E-state index is 0.0129. The molecule has 3 heteroatoms. The number of allylic oxidation sites excluding steroid dienone is 1. The molecular formula is C10H20N2O. The molecule has 0 aromatic heterocycles. The van der Waals surface area contributed by atoms with E-state index >= 15 is 0 Å². The smallest absolute Gasteiger partial charge is 0.260 e. The molecule has 0 saturated carbocycles. The van der Waals surface area contributed by atoms with Gasteiger partial charge in [-0.25, -0.2) is 5.01 Å². The Bertz CT molecular complexity index is 185. The summed E-state index contributed by atoms with van der Waals surface area (Å²) in [6.07, 6.45) is 5.29. The van der Waals surface area contributed by atoms with Crippen LogP contribution in [0.2, 0.25) is 0 Å². The highest BCUT2D eigenvalue weighted by molar-refractivity contribution is 5.92. The molecule has 13 heavy (non-hydrogen) atoms. The minimum Gasteiger partial charge on any atom is -0.286 e. The SMILES string of the molecule is CCCCC=C(C)C(=O)NN(C)C. The van der Waals surface area contributed by atoms with Gasteiger partial charge in [0.15, 0.2) is 0 Å². The van der Waals surface area contributed by atoms with E-state index < -0.39 is 0 Å². The molecule has 76 valence electrons. The normalized spacial score (nSPS) is 11.9. The lowest BCUT2D eigenvalue weighted by molar-refractivity contribution is -0.121. The van der Waals surface area contributed by atoms with E-state index in [2.05, 4.69) is 12.3 Å². The molecule has 0 rings (SSSR count). The van der Waals surface area contributed by atoms with Crippen LogP contribution in [0.3, 0.4) is 0 Å². The number of nitrogens with one attached hydrogen (secondary N) is 1. The van der Waals surface area contributed by atoms with Gasteiger partial charge >= 0.3 is 0 Å². The molecule has 0 aliphatic heterocycles. The first kappa shape index (κ1) is 12.2. The van der Waals surface area contributed by atoms with Crippen molar-refractivity contribution in [1.29, 1.82) is 0 Å². The van der Waals surface area contributed by atoms with Crippen LogP contribution in [0.5, 0.6) is 0 Å². The molecule has 0 radical (unpaired) electrons. The summed E-state index contributed by atoms with van der Waals surface area (Å²) in [7, 11) is 3.61. The van der Waals surface area contributed by atoms with Gasteiger partial charge in [-0.3, -0.25) is 10.2 Å². The van der Waals surface area contributed by atoms with Gasteiger partial charge in [0.25, 0.3) is 5.91 Å². The van der Waals surface area contributed by atoms with Crippen LogP contribution in [0.25, 0.3) is 0 Å². The third kappa shape index (κ3) is 6.34. The molecular weight excluding hydrogens is 164 g/mol. The lowest BCUT2D eigenvalue weighted by Gasteiger charge is -2.11. The van der Waals surface area contributed by atoms with Crippen molar-refractivity contribution in [3.05, 3.63) is 11.6 Å². The van der Waals surface area contributed by atoms with Crippen molar-refractivity contribution in [2.45, 2.75) is 33.1 Å². The summed E-state index contributed by atoms with van der Waals surface area (Å²) in [5.74, 6) is -0.0129. The Balaban J connectivity index is 3.86. The van der Waals surface area contributed by atoms with Crippen LogP contribution in [0.1, 0.15) is 33.1 Å². The number of carbonyl (C=O) groups is 1. The van der Waals surface area contributed by atoms with Crippen molar-refractivity contribution in [3.8, 4) is 0 Å². The summed E-state index contributed by atoms with van der Waals surface area (Å²) in [5.41, 5.74) is 3.49. The van der Waals surface area contributed by atoms with E-state index in [-0.39, 0.29) is 5.91 Å². The fourth-order valence-electron chi connectivity index (χ4n) is 0.907. The van der Waals surface area contributed by atoms with E-state index in [9.17, 15) is 4.79 Å². The molecule has 0 aliphatic carbocycles. The molecule has 0 unspecified atom stereocenters. The topological polar surface area (TPSA) is 32.3 Å². The van der Waals surface area contributed by atoms with Crippen LogP contribution in [0, 0.1) is 0 Å². The average Bonchev–Trinajstić information content (AvgIpc) is 2.03. The molecule has 0 bridgehead atoms. The quantitative estimate of drug-likeness (QED) is 0.401. The van der Waals surface area contributed by atoms with E-state index in [1.54, 1.807) is 19.1 Å². The first-order valence-corrected chi connectivity index (χ1v) is 4.73. The second-order valence-electron chi connectivity index (χ2n) is 3.36. The number of hydrazine groups is 1. The molecule has 0 heterocycles. The first-order chi connectivity index (χ1) is 6.07. The van der Waals surface area contributed by atoms with Gasteiger partial charge in [-0.2, -0.15) is 0 Å². The van der Waals surface area contributed by atoms with Gasteiger partial charge in [-0.05, 0) is 13.3 Å². The number of hydrogen-bond donors (Lipinski definition) is 1. The van der Waals surface area contributed by atoms with Crippen molar-refractivity contribution >= 4 is 5.91 Å². The Labute approximate surface area is 80.8 Å². The third-order valence-electron chi connectivity index (χ3n) is 1.69. The summed E-state index contributed by atoms with van der Waals surface area (Å²) in [4.78, 5) is 11.3. The molecule has 0 atom stereocenters. The highest BCUT2D eigenvalue weighted by atomic mass is 16.2. The highest BCUT2D eigenvalue weighted by Crippen LogP contribution is 2.00. The average molecular weight is 184 g/mol. The van der Waals surface area contributed by atoms with Crippen LogP contribution >= 0.6 is 0 Å². The van der Waals surface area contributed by atoms with Gasteiger partial charge in [-0.1, -0.05) is 25.8 Å². The fraction of sp³-hybridized carbons (Fsp3) is 0.700. The second kappa shape index (κ2) is 6.66. The van der Waals surface area contributed by atoms with Crippen molar-refractivity contribution in [2.75, 3.05) is 14.1 Å². The van der Waals surface area contributed by atoms with Crippen LogP contribution in [-0.2, 0) is 4.79 Å². The molecule has 0 fully saturated rings. The molecule has 3 nitrogen and oxygen atoms in total. The molecule has 0 saturated heterocycles. The predicted molar refractivity (Wildman–Crippen MR) is 55.1 cm³/mol. The van der Waals surface area contributed by atoms with Crippen molar-refractivity contribution in [1.82, 2.24) is 10.4 Å². The Morgan fingerprint density at radius 1 is 1.46 bits per heavy atom. The van der Waals surface area contributed by atoms with E-state index in [0.717, 1.165) is 18.4 Å². The number of nitrogens with zero attached hydrogens (tertiary/aromatic N) is 1. The predicted octanol–water partition coefficient (Wildman–Crippen LogP) is 1.72. The maximum atomic E-state index is 11.3. The lowest BCUT2D eigenvalue weighted by Crippen LogP contribution is -2.36. The van der Waals surface area contributed by atoms with Crippen molar-refractivity contribution in [2.24, 2.45) is 0 Å². The molecule has 0 aromatic carbocycles. The molecule has 0 aliphatic rings. The lowest BCUT2D eigenvalue weighted by atomic mass is 10.2. The van der Waals surface area contributed by atoms with Crippen LogP contribution in [0.15, 0.2) is 11.6 Å². The van der Waals surface area contributed by atoms with Gasteiger partial charge in [0.05, 0.1) is 0 Å². The summed E-state index contributed by atoms with van der Waals surface area (Å²) in [6, 6.07) is 0. The minimum atomic E-state index is -0.0129. The van der Waals surface area contributed by atoms with E-state index in [4.69, 9.17) is 0 Å². The zero-order valence-corrected chi connectivity index (χ0v) is 9.05. The van der Waals surface area contributed by atoms with Gasteiger partial charge in [-0.15, -0.1) is 0 Å². The van der Waals surface area contributed by atoms with Crippen LogP contribution in [-0.4, -0.2) is 25.0 Å². The number of hydrogen-bond acceptors (Lipinski definition) is 2. The number of amides is 1. The Morgan fingerprint density at radius 3 is 2.54 bits per heavy atom. The van der Waals surface area contributed by atoms with Crippen molar-refractivity contribution in [3.63, 3.8) is 0 Å². The summed E-state index contributed by atoms with van der Waals surface area (Å²) in [5, 5.41) is 1.65. The van der Waals surface area contributed by atoms with E-state index in [1.807, 2.05) is 13.0 Å². The highest BCUT2D eigenvalue weighted by Gasteiger charge is 2.02. The molecule has 0 spiro atoms. The summed E-state index contributed by atoms with van der Waals surface area (Å²) in [6.45, 7) is 3.98. The first-order valence-electron chi connectivity index (χ1n) is 4.73. The van der Waals surface area contributed by atoms with Gasteiger partial charge < -0.3 is 0 Å². The fourth-order valence-corrected chi connectivity index (χ4v) is 0.907. The van der Waals surface area contributed by atoms with E-state index in [1.165, 1.54) is 6.42 Å². The third-order valence-corrected chi connectivity index (χ3v) is 1.69.